The summed E-state index contributed by atoms with van der Waals surface area (Å²) in [5.41, 5.74) is 0. The highest BCUT2D eigenvalue weighted by atomic mass is 16.5. The third kappa shape index (κ3) is 5.79. The molecule has 0 rings (SSSR count). The van der Waals surface area contributed by atoms with Crippen LogP contribution in [0.4, 0.5) is 0 Å². The van der Waals surface area contributed by atoms with E-state index in [1.54, 1.807) is 0 Å². The van der Waals surface area contributed by atoms with E-state index >= 15 is 0 Å². The zero-order chi connectivity index (χ0) is 11.8. The number of carbonyl (C=O) groups excluding carboxylic acids is 3. The fourth-order valence-electron chi connectivity index (χ4n) is 0.990. The van der Waals surface area contributed by atoms with Crippen LogP contribution in [-0.4, -0.2) is 44.5 Å². The van der Waals surface area contributed by atoms with Crippen molar-refractivity contribution in [2.45, 2.75) is 19.4 Å². The van der Waals surface area contributed by atoms with Gasteiger partial charge in [0.25, 0.3) is 0 Å². The Hall–Kier alpha value is -1.43. The molecule has 1 N–H and O–H groups in total. The molecule has 1 amide bonds. The SMILES string of the molecule is COCC(=O)N[C@@H](CC(C)=O)C(=O)OC. The minimum Gasteiger partial charge on any atom is -0.467 e. The molecule has 0 saturated heterocycles. The summed E-state index contributed by atoms with van der Waals surface area (Å²) in [5.74, 6) is -1.31. The number of carbonyl (C=O) groups is 3. The normalized spacial score (nSPS) is 11.7. The fraction of sp³-hybridized carbons (Fsp3) is 0.667. The Bertz CT molecular complexity index is 251. The molecule has 0 aromatic rings. The molecule has 0 spiro atoms. The first-order valence-electron chi connectivity index (χ1n) is 4.36. The van der Waals surface area contributed by atoms with E-state index in [2.05, 4.69) is 14.8 Å². The number of amides is 1. The topological polar surface area (TPSA) is 81.7 Å². The first-order valence-corrected chi connectivity index (χ1v) is 4.36. The Morgan fingerprint density at radius 3 is 2.27 bits per heavy atom. The molecule has 0 unspecified atom stereocenters. The maximum atomic E-state index is 11.2. The lowest BCUT2D eigenvalue weighted by Gasteiger charge is -2.14. The van der Waals surface area contributed by atoms with Gasteiger partial charge in [-0.25, -0.2) is 4.79 Å². The molecule has 0 heterocycles. The van der Waals surface area contributed by atoms with Gasteiger partial charge in [0.15, 0.2) is 0 Å². The summed E-state index contributed by atoms with van der Waals surface area (Å²) in [6, 6.07) is -0.935. The van der Waals surface area contributed by atoms with E-state index < -0.39 is 17.9 Å². The molecule has 0 bridgehead atoms. The molecule has 0 aliphatic carbocycles. The number of hydrogen-bond donors (Lipinski definition) is 1. The van der Waals surface area contributed by atoms with Gasteiger partial charge in [0.05, 0.1) is 7.11 Å². The van der Waals surface area contributed by atoms with Gasteiger partial charge >= 0.3 is 5.97 Å². The van der Waals surface area contributed by atoms with Crippen LogP contribution in [0.15, 0.2) is 0 Å². The molecule has 0 saturated carbocycles. The molecule has 6 nitrogen and oxygen atoms in total. The summed E-state index contributed by atoms with van der Waals surface area (Å²) >= 11 is 0. The summed E-state index contributed by atoms with van der Waals surface area (Å²) in [5, 5.41) is 2.34. The van der Waals surface area contributed by atoms with E-state index in [1.165, 1.54) is 21.1 Å². The van der Waals surface area contributed by atoms with Crippen LogP contribution in [0.25, 0.3) is 0 Å². The third-order valence-corrected chi connectivity index (χ3v) is 1.59. The Labute approximate surface area is 87.9 Å². The standard InChI is InChI=1S/C9H15NO5/c1-6(11)4-7(9(13)15-3)10-8(12)5-14-2/h7H,4-5H2,1-3H3,(H,10,12)/t7-/m0/s1. The van der Waals surface area contributed by atoms with Gasteiger partial charge in [-0.15, -0.1) is 0 Å². The van der Waals surface area contributed by atoms with Gasteiger partial charge in [0.2, 0.25) is 5.91 Å². The van der Waals surface area contributed by atoms with Gasteiger partial charge in [-0.1, -0.05) is 0 Å². The average Bonchev–Trinajstić information content (AvgIpc) is 2.15. The lowest BCUT2D eigenvalue weighted by molar-refractivity contribution is -0.146. The second-order valence-electron chi connectivity index (χ2n) is 2.98. The largest absolute Gasteiger partial charge is 0.467 e. The van der Waals surface area contributed by atoms with Crippen LogP contribution in [-0.2, 0) is 23.9 Å². The smallest absolute Gasteiger partial charge is 0.328 e. The van der Waals surface area contributed by atoms with Crippen molar-refractivity contribution in [3.8, 4) is 0 Å². The van der Waals surface area contributed by atoms with E-state index in [4.69, 9.17) is 0 Å². The lowest BCUT2D eigenvalue weighted by Crippen LogP contribution is -2.44. The van der Waals surface area contributed by atoms with Gasteiger partial charge in [0.1, 0.15) is 18.4 Å². The molecule has 0 aliphatic rings. The molecule has 0 fully saturated rings. The summed E-state index contributed by atoms with van der Waals surface area (Å²) in [6.07, 6.45) is -0.0812. The summed E-state index contributed by atoms with van der Waals surface area (Å²) < 4.78 is 9.02. The second-order valence-corrected chi connectivity index (χ2v) is 2.98. The Kier molecular flexibility index (Phi) is 6.28. The van der Waals surface area contributed by atoms with E-state index in [0.29, 0.717) is 0 Å². The number of esters is 1. The number of ether oxygens (including phenoxy) is 2. The Morgan fingerprint density at radius 2 is 1.87 bits per heavy atom. The number of Topliss-reactive ketones (excluding diaryl/α,β-unsaturated/α-hetero) is 1. The quantitative estimate of drug-likeness (QED) is 0.593. The molecule has 0 aliphatic heterocycles. The third-order valence-electron chi connectivity index (χ3n) is 1.59. The number of methoxy groups -OCH3 is 2. The molecular formula is C9H15NO5. The van der Waals surface area contributed by atoms with Crippen molar-refractivity contribution in [2.75, 3.05) is 20.8 Å². The summed E-state index contributed by atoms with van der Waals surface area (Å²) in [7, 11) is 2.55. The van der Waals surface area contributed by atoms with Crippen molar-refractivity contribution in [1.29, 1.82) is 0 Å². The van der Waals surface area contributed by atoms with E-state index in [0.717, 1.165) is 0 Å². The monoisotopic (exact) mass is 217 g/mol. The van der Waals surface area contributed by atoms with Gasteiger partial charge in [-0.3, -0.25) is 9.59 Å². The molecule has 0 radical (unpaired) electrons. The van der Waals surface area contributed by atoms with Crippen LogP contribution in [0.3, 0.4) is 0 Å². The van der Waals surface area contributed by atoms with Crippen molar-refractivity contribution >= 4 is 17.7 Å². The predicted octanol–water partition coefficient (Wildman–Crippen LogP) is -0.730. The van der Waals surface area contributed by atoms with Crippen molar-refractivity contribution in [3.05, 3.63) is 0 Å². The van der Waals surface area contributed by atoms with Crippen LogP contribution in [0.1, 0.15) is 13.3 Å². The summed E-state index contributed by atoms with van der Waals surface area (Å²) in [4.78, 5) is 33.1. The predicted molar refractivity (Wildman–Crippen MR) is 51.1 cm³/mol. The summed E-state index contributed by atoms with van der Waals surface area (Å²) in [6.45, 7) is 1.17. The van der Waals surface area contributed by atoms with E-state index in [1.807, 2.05) is 0 Å². The van der Waals surface area contributed by atoms with Gasteiger partial charge in [0, 0.05) is 13.5 Å². The number of ketones is 1. The fourth-order valence-corrected chi connectivity index (χ4v) is 0.990. The number of nitrogens with one attached hydrogen (secondary N) is 1. The molecule has 1 atom stereocenters. The van der Waals surface area contributed by atoms with Crippen LogP contribution >= 0.6 is 0 Å². The van der Waals surface area contributed by atoms with Crippen LogP contribution < -0.4 is 5.32 Å². The maximum absolute atomic E-state index is 11.2. The zero-order valence-electron chi connectivity index (χ0n) is 9.03. The Morgan fingerprint density at radius 1 is 1.27 bits per heavy atom. The van der Waals surface area contributed by atoms with Crippen LogP contribution in [0, 0.1) is 0 Å². The molecule has 6 heteroatoms. The molecule has 15 heavy (non-hydrogen) atoms. The minimum absolute atomic E-state index is 0.0812. The molecular weight excluding hydrogens is 202 g/mol. The highest BCUT2D eigenvalue weighted by Crippen LogP contribution is 1.96. The number of hydrogen-bond acceptors (Lipinski definition) is 5. The molecule has 86 valence electrons. The van der Waals surface area contributed by atoms with Crippen LogP contribution in [0.2, 0.25) is 0 Å². The first kappa shape index (κ1) is 13.6. The minimum atomic E-state index is -0.935. The van der Waals surface area contributed by atoms with Crippen molar-refractivity contribution in [1.82, 2.24) is 5.32 Å². The second kappa shape index (κ2) is 6.94. The highest BCUT2D eigenvalue weighted by Gasteiger charge is 2.22. The zero-order valence-corrected chi connectivity index (χ0v) is 9.03. The van der Waals surface area contributed by atoms with Gasteiger partial charge in [-0.05, 0) is 6.92 Å². The highest BCUT2D eigenvalue weighted by molar-refractivity contribution is 5.89. The van der Waals surface area contributed by atoms with Crippen molar-refractivity contribution in [3.63, 3.8) is 0 Å². The average molecular weight is 217 g/mol. The van der Waals surface area contributed by atoms with Gasteiger partial charge in [-0.2, -0.15) is 0 Å². The number of rotatable bonds is 6. The maximum Gasteiger partial charge on any atom is 0.328 e. The van der Waals surface area contributed by atoms with Crippen molar-refractivity contribution < 1.29 is 23.9 Å². The van der Waals surface area contributed by atoms with E-state index in [-0.39, 0.29) is 18.8 Å². The van der Waals surface area contributed by atoms with E-state index in [9.17, 15) is 14.4 Å². The lowest BCUT2D eigenvalue weighted by atomic mass is 10.1. The van der Waals surface area contributed by atoms with Gasteiger partial charge < -0.3 is 14.8 Å². The van der Waals surface area contributed by atoms with Crippen molar-refractivity contribution in [2.24, 2.45) is 0 Å². The molecule has 0 aromatic carbocycles. The van der Waals surface area contributed by atoms with Crippen LogP contribution in [0.5, 0.6) is 0 Å². The Balaban J connectivity index is 4.30. The first-order chi connectivity index (χ1) is 7.01. The molecule has 0 aromatic heterocycles.